The predicted molar refractivity (Wildman–Crippen MR) is 78.0 cm³/mol. The molecule has 21 heavy (non-hydrogen) atoms. The molecule has 100 valence electrons. The Morgan fingerprint density at radius 2 is 1.62 bits per heavy atom. The number of hydrogen-bond acceptors (Lipinski definition) is 5. The van der Waals surface area contributed by atoms with E-state index >= 15 is 0 Å². The maximum atomic E-state index is 9.10. The molecule has 0 fully saturated rings. The maximum Gasteiger partial charge on any atom is 0.163 e. The molecule has 0 atom stereocenters. The lowest BCUT2D eigenvalue weighted by molar-refractivity contribution is 0.420. The molecule has 0 aliphatic heterocycles. The van der Waals surface area contributed by atoms with Crippen molar-refractivity contribution in [1.29, 1.82) is 15.8 Å². The second-order valence-corrected chi connectivity index (χ2v) is 4.07. The van der Waals surface area contributed by atoms with E-state index in [1.165, 1.54) is 0 Å². The smallest absolute Gasteiger partial charge is 0.163 e. The number of methoxy groups -OCH3 is 1. The summed E-state index contributed by atoms with van der Waals surface area (Å²) in [6.45, 7) is 0. The molecule has 2 aromatic carbocycles. The van der Waals surface area contributed by atoms with Crippen molar-refractivity contribution in [3.63, 3.8) is 0 Å². The number of allylic oxidation sites excluding steroid dienone is 2. The first-order chi connectivity index (χ1) is 10.2. The van der Waals surface area contributed by atoms with Crippen molar-refractivity contribution in [3.05, 3.63) is 47.7 Å². The van der Waals surface area contributed by atoms with Gasteiger partial charge in [0.1, 0.15) is 29.7 Å². The van der Waals surface area contributed by atoms with Crippen LogP contribution < -0.4 is 10.1 Å². The van der Waals surface area contributed by atoms with Crippen molar-refractivity contribution in [3.8, 4) is 24.0 Å². The molecule has 0 saturated heterocycles. The van der Waals surface area contributed by atoms with Crippen LogP contribution in [0.1, 0.15) is 0 Å². The van der Waals surface area contributed by atoms with Crippen molar-refractivity contribution in [2.75, 3.05) is 12.4 Å². The Labute approximate surface area is 121 Å². The Kier molecular flexibility index (Phi) is 4.05. The van der Waals surface area contributed by atoms with Gasteiger partial charge in [-0.2, -0.15) is 15.8 Å². The van der Waals surface area contributed by atoms with Gasteiger partial charge in [-0.15, -0.1) is 0 Å². The molecular weight excluding hydrogens is 264 g/mol. The van der Waals surface area contributed by atoms with Gasteiger partial charge >= 0.3 is 0 Å². The van der Waals surface area contributed by atoms with Crippen LogP contribution in [-0.2, 0) is 0 Å². The molecule has 5 heteroatoms. The van der Waals surface area contributed by atoms with Gasteiger partial charge in [-0.25, -0.2) is 0 Å². The van der Waals surface area contributed by atoms with Crippen LogP contribution in [0, 0.1) is 34.0 Å². The van der Waals surface area contributed by atoms with Gasteiger partial charge in [-0.05, 0) is 12.1 Å². The first kappa shape index (κ1) is 13.9. The molecule has 0 aliphatic carbocycles. The van der Waals surface area contributed by atoms with Crippen molar-refractivity contribution < 1.29 is 4.74 Å². The van der Waals surface area contributed by atoms with Crippen molar-refractivity contribution in [1.82, 2.24) is 0 Å². The van der Waals surface area contributed by atoms with E-state index in [1.807, 2.05) is 30.3 Å². The molecule has 0 bridgehead atoms. The molecule has 1 N–H and O–H groups in total. The van der Waals surface area contributed by atoms with E-state index in [2.05, 4.69) is 5.32 Å². The van der Waals surface area contributed by atoms with Gasteiger partial charge in [0.15, 0.2) is 5.57 Å². The Hall–Kier alpha value is -3.49. The lowest BCUT2D eigenvalue weighted by Gasteiger charge is -2.11. The van der Waals surface area contributed by atoms with Gasteiger partial charge in [0.25, 0.3) is 0 Å². The lowest BCUT2D eigenvalue weighted by Crippen LogP contribution is -2.01. The van der Waals surface area contributed by atoms with Crippen LogP contribution in [0.4, 0.5) is 5.69 Å². The van der Waals surface area contributed by atoms with Gasteiger partial charge < -0.3 is 10.1 Å². The van der Waals surface area contributed by atoms with Crippen LogP contribution >= 0.6 is 0 Å². The number of anilines is 1. The third-order valence-corrected chi connectivity index (χ3v) is 2.95. The first-order valence-electron chi connectivity index (χ1n) is 6.02. The zero-order valence-corrected chi connectivity index (χ0v) is 11.2. The van der Waals surface area contributed by atoms with E-state index in [0.29, 0.717) is 11.4 Å². The van der Waals surface area contributed by atoms with Gasteiger partial charge in [-0.1, -0.05) is 24.3 Å². The zero-order chi connectivity index (χ0) is 15.2. The Bertz CT molecular complexity index is 831. The highest BCUT2D eigenvalue weighted by Gasteiger charge is 2.09. The summed E-state index contributed by atoms with van der Waals surface area (Å²) in [5.41, 5.74) is 0.304. The average Bonchev–Trinajstić information content (AvgIpc) is 2.54. The number of hydrogen-bond donors (Lipinski definition) is 1. The third kappa shape index (κ3) is 2.61. The van der Waals surface area contributed by atoms with Crippen molar-refractivity contribution in [2.24, 2.45) is 0 Å². The van der Waals surface area contributed by atoms with E-state index in [9.17, 15) is 0 Å². The summed E-state index contributed by atoms with van der Waals surface area (Å²) in [6.07, 6.45) is 0. The highest BCUT2D eigenvalue weighted by atomic mass is 16.5. The summed E-state index contributed by atoms with van der Waals surface area (Å²) in [5, 5.41) is 31.4. The second kappa shape index (κ2) is 6.10. The minimum atomic E-state index is -0.252. The van der Waals surface area contributed by atoms with Crippen LogP contribution in [0.25, 0.3) is 10.8 Å². The second-order valence-electron chi connectivity index (χ2n) is 4.07. The van der Waals surface area contributed by atoms with Gasteiger partial charge in [0.05, 0.1) is 7.11 Å². The molecule has 0 radical (unpaired) electrons. The van der Waals surface area contributed by atoms with Crippen LogP contribution in [-0.4, -0.2) is 7.11 Å². The molecule has 0 spiro atoms. The fourth-order valence-corrected chi connectivity index (χ4v) is 1.99. The minimum Gasteiger partial charge on any atom is -0.496 e. The molecule has 0 aromatic heterocycles. The molecule has 0 heterocycles. The van der Waals surface area contributed by atoms with E-state index in [-0.39, 0.29) is 11.3 Å². The standard InChI is InChI=1S/C16H10N4O/c1-21-16-7-3-4-12-13(16)5-2-6-14(12)20-15(10-19)11(8-17)9-18/h2-7,20H,1H3. The predicted octanol–water partition coefficient (Wildman–Crippen LogP) is 3.09. The molecular formula is C16H10N4O. The van der Waals surface area contributed by atoms with Crippen molar-refractivity contribution >= 4 is 16.5 Å². The summed E-state index contributed by atoms with van der Waals surface area (Å²) in [5.74, 6) is 0.708. The Balaban J connectivity index is 2.60. The first-order valence-corrected chi connectivity index (χ1v) is 6.02. The van der Waals surface area contributed by atoms with Gasteiger partial charge in [0.2, 0.25) is 0 Å². The number of benzene rings is 2. The van der Waals surface area contributed by atoms with E-state index < -0.39 is 0 Å². The fourth-order valence-electron chi connectivity index (χ4n) is 1.99. The van der Waals surface area contributed by atoms with Crippen LogP contribution in [0.3, 0.4) is 0 Å². The van der Waals surface area contributed by atoms with Gasteiger partial charge in [-0.3, -0.25) is 0 Å². The molecule has 0 amide bonds. The average molecular weight is 274 g/mol. The monoisotopic (exact) mass is 274 g/mol. The number of rotatable bonds is 3. The molecule has 0 saturated carbocycles. The number of nitrogens with one attached hydrogen (secondary N) is 1. The molecule has 0 unspecified atom stereocenters. The number of nitrogens with zero attached hydrogens (tertiary/aromatic N) is 3. The maximum absolute atomic E-state index is 9.10. The zero-order valence-electron chi connectivity index (χ0n) is 11.2. The van der Waals surface area contributed by atoms with Gasteiger partial charge in [0, 0.05) is 16.5 Å². The Morgan fingerprint density at radius 3 is 2.24 bits per heavy atom. The number of ether oxygens (including phenoxy) is 1. The molecule has 2 rings (SSSR count). The molecule has 5 nitrogen and oxygen atoms in total. The lowest BCUT2D eigenvalue weighted by atomic mass is 10.1. The SMILES string of the molecule is COc1cccc2c(NC(C#N)=C(C#N)C#N)cccc12. The van der Waals surface area contributed by atoms with E-state index in [0.717, 1.165) is 10.8 Å². The number of fused-ring (bicyclic) bond motifs is 1. The normalized spacial score (nSPS) is 9.05. The Morgan fingerprint density at radius 1 is 0.952 bits per heavy atom. The third-order valence-electron chi connectivity index (χ3n) is 2.95. The highest BCUT2D eigenvalue weighted by Crippen LogP contribution is 2.31. The highest BCUT2D eigenvalue weighted by molar-refractivity contribution is 5.98. The number of nitriles is 3. The fraction of sp³-hybridized carbons (Fsp3) is 0.0625. The molecule has 0 aliphatic rings. The topological polar surface area (TPSA) is 92.6 Å². The van der Waals surface area contributed by atoms with Crippen molar-refractivity contribution in [2.45, 2.75) is 0 Å². The van der Waals surface area contributed by atoms with Crippen LogP contribution in [0.15, 0.2) is 47.7 Å². The van der Waals surface area contributed by atoms with Crippen LogP contribution in [0.2, 0.25) is 0 Å². The summed E-state index contributed by atoms with van der Waals surface area (Å²) in [7, 11) is 1.58. The quantitative estimate of drug-likeness (QED) is 0.868. The largest absolute Gasteiger partial charge is 0.496 e. The minimum absolute atomic E-state index is 0.0738. The van der Waals surface area contributed by atoms with E-state index in [4.69, 9.17) is 20.5 Å². The molecule has 2 aromatic rings. The summed E-state index contributed by atoms with van der Waals surface area (Å²) >= 11 is 0. The van der Waals surface area contributed by atoms with Crippen LogP contribution in [0.5, 0.6) is 5.75 Å². The van der Waals surface area contributed by atoms with E-state index in [1.54, 1.807) is 31.4 Å². The summed E-state index contributed by atoms with van der Waals surface area (Å²) in [4.78, 5) is 0. The summed E-state index contributed by atoms with van der Waals surface area (Å²) < 4.78 is 5.29. The summed E-state index contributed by atoms with van der Waals surface area (Å²) in [6, 6.07) is 16.2.